The molecule has 0 unspecified atom stereocenters. The van der Waals surface area contributed by atoms with Crippen molar-refractivity contribution in [1.82, 2.24) is 4.57 Å². The van der Waals surface area contributed by atoms with Gasteiger partial charge in [-0.15, -0.1) is 0 Å². The molecule has 8 aromatic rings. The summed E-state index contributed by atoms with van der Waals surface area (Å²) in [5.41, 5.74) is 17.4. The summed E-state index contributed by atoms with van der Waals surface area (Å²) >= 11 is 0. The van der Waals surface area contributed by atoms with Gasteiger partial charge in [0.15, 0.2) is 0 Å². The smallest absolute Gasteiger partial charge is 0.252 e. The first-order valence-corrected chi connectivity index (χ1v) is 16.7. The minimum atomic E-state index is 0.137. The molecule has 0 fully saturated rings. The third-order valence-electron chi connectivity index (χ3n) is 10.3. The van der Waals surface area contributed by atoms with Crippen LogP contribution in [-0.2, 0) is 0 Å². The third kappa shape index (κ3) is 3.83. The molecule has 3 nitrogen and oxygen atoms in total. The van der Waals surface area contributed by atoms with Gasteiger partial charge >= 0.3 is 0 Å². The number of aromatic nitrogens is 1. The lowest BCUT2D eigenvalue weighted by molar-refractivity contribution is 1.17. The molecule has 1 aromatic heterocycles. The Morgan fingerprint density at radius 2 is 0.896 bits per heavy atom. The Morgan fingerprint density at radius 3 is 1.58 bits per heavy atom. The number of benzene rings is 7. The zero-order valence-corrected chi connectivity index (χ0v) is 26.9. The van der Waals surface area contributed by atoms with Crippen LogP contribution in [-0.4, -0.2) is 11.3 Å². The first-order valence-electron chi connectivity index (χ1n) is 16.7. The third-order valence-corrected chi connectivity index (χ3v) is 10.3. The van der Waals surface area contributed by atoms with E-state index in [0.29, 0.717) is 0 Å². The molecule has 2 aliphatic rings. The van der Waals surface area contributed by atoms with Crippen molar-refractivity contribution in [3.05, 3.63) is 169 Å². The van der Waals surface area contributed by atoms with Crippen LogP contribution in [0.25, 0.3) is 27.5 Å². The van der Waals surface area contributed by atoms with E-state index in [4.69, 9.17) is 0 Å². The van der Waals surface area contributed by atoms with Gasteiger partial charge in [0.25, 0.3) is 6.71 Å². The number of rotatable bonds is 3. The number of para-hydroxylation sites is 3. The van der Waals surface area contributed by atoms with E-state index >= 15 is 0 Å². The highest BCUT2D eigenvalue weighted by Gasteiger charge is 2.42. The second-order valence-electron chi connectivity index (χ2n) is 13.2. The molecule has 0 N–H and O–H groups in total. The van der Waals surface area contributed by atoms with E-state index in [1.807, 2.05) is 0 Å². The van der Waals surface area contributed by atoms with Gasteiger partial charge in [-0.2, -0.15) is 0 Å². The van der Waals surface area contributed by atoms with Crippen molar-refractivity contribution in [3.8, 4) is 5.69 Å². The lowest BCUT2D eigenvalue weighted by Crippen LogP contribution is -2.61. The number of hydrogen-bond acceptors (Lipinski definition) is 2. The SMILES string of the molecule is Cc1ccc(N2c3cc(C)ccc3B3c4ccccc4N(c4ccc(-n5c6ccccc6c6ccccc65)cc4)c4cccc2c43)cc1. The predicted molar refractivity (Wildman–Crippen MR) is 204 cm³/mol. The van der Waals surface area contributed by atoms with Crippen LogP contribution in [0.5, 0.6) is 0 Å². The van der Waals surface area contributed by atoms with Crippen molar-refractivity contribution >= 4 is 79.0 Å². The molecular weight excluding hydrogens is 581 g/mol. The van der Waals surface area contributed by atoms with Crippen LogP contribution in [0.1, 0.15) is 11.1 Å². The van der Waals surface area contributed by atoms with Crippen molar-refractivity contribution in [2.24, 2.45) is 0 Å². The molecule has 0 saturated carbocycles. The van der Waals surface area contributed by atoms with Crippen LogP contribution in [0.2, 0.25) is 0 Å². The molecule has 0 bridgehead atoms. The van der Waals surface area contributed by atoms with Crippen molar-refractivity contribution in [3.63, 3.8) is 0 Å². The Kier molecular flexibility index (Phi) is 5.80. The van der Waals surface area contributed by atoms with Gasteiger partial charge in [0.2, 0.25) is 0 Å². The minimum absolute atomic E-state index is 0.137. The Labute approximate surface area is 281 Å². The van der Waals surface area contributed by atoms with E-state index < -0.39 is 0 Å². The molecule has 0 amide bonds. The molecule has 2 aliphatic heterocycles. The van der Waals surface area contributed by atoms with E-state index in [1.54, 1.807) is 0 Å². The number of fused-ring (bicyclic) bond motifs is 7. The molecule has 0 spiro atoms. The highest BCUT2D eigenvalue weighted by molar-refractivity contribution is 7.00. The van der Waals surface area contributed by atoms with Crippen LogP contribution in [0, 0.1) is 13.8 Å². The average molecular weight is 614 g/mol. The maximum absolute atomic E-state index is 2.47. The number of hydrogen-bond donors (Lipinski definition) is 0. The molecule has 0 saturated heterocycles. The monoisotopic (exact) mass is 613 g/mol. The van der Waals surface area contributed by atoms with Gasteiger partial charge in [0.1, 0.15) is 0 Å². The van der Waals surface area contributed by atoms with Crippen LogP contribution < -0.4 is 26.2 Å². The Hall–Kier alpha value is -6.00. The lowest BCUT2D eigenvalue weighted by atomic mass is 9.33. The van der Waals surface area contributed by atoms with Gasteiger partial charge in [-0.05, 0) is 109 Å². The molecule has 0 atom stereocenters. The maximum atomic E-state index is 2.47. The van der Waals surface area contributed by atoms with Gasteiger partial charge in [0.05, 0.1) is 11.0 Å². The molecule has 48 heavy (non-hydrogen) atoms. The normalized spacial score (nSPS) is 13.1. The largest absolute Gasteiger partial charge is 0.311 e. The summed E-state index contributed by atoms with van der Waals surface area (Å²) in [6.07, 6.45) is 0. The summed E-state index contributed by atoms with van der Waals surface area (Å²) in [7, 11) is 0. The van der Waals surface area contributed by atoms with Crippen LogP contribution in [0.3, 0.4) is 0 Å². The van der Waals surface area contributed by atoms with Gasteiger partial charge in [0, 0.05) is 50.6 Å². The average Bonchev–Trinajstić information content (AvgIpc) is 3.46. The second kappa shape index (κ2) is 10.3. The fraction of sp³-hybridized carbons (Fsp3) is 0.0455. The molecule has 4 heteroatoms. The Balaban J connectivity index is 1.18. The molecule has 0 aliphatic carbocycles. The van der Waals surface area contributed by atoms with Crippen LogP contribution in [0.4, 0.5) is 34.1 Å². The number of aryl methyl sites for hydroxylation is 2. The Morgan fingerprint density at radius 1 is 0.396 bits per heavy atom. The van der Waals surface area contributed by atoms with E-state index in [0.717, 1.165) is 11.4 Å². The lowest BCUT2D eigenvalue weighted by Gasteiger charge is -2.44. The molecule has 0 radical (unpaired) electrons. The number of nitrogens with zero attached hydrogens (tertiary/aromatic N) is 3. The van der Waals surface area contributed by atoms with Gasteiger partial charge in [-0.1, -0.05) is 90.5 Å². The fourth-order valence-corrected chi connectivity index (χ4v) is 8.19. The van der Waals surface area contributed by atoms with Crippen molar-refractivity contribution in [2.75, 3.05) is 9.80 Å². The van der Waals surface area contributed by atoms with Crippen molar-refractivity contribution < 1.29 is 0 Å². The molecular formula is C44H32BN3. The van der Waals surface area contributed by atoms with Gasteiger partial charge in [-0.25, -0.2) is 0 Å². The summed E-state index contributed by atoms with van der Waals surface area (Å²) in [5.74, 6) is 0. The van der Waals surface area contributed by atoms with Crippen molar-refractivity contribution in [1.29, 1.82) is 0 Å². The first kappa shape index (κ1) is 27.1. The predicted octanol–water partition coefficient (Wildman–Crippen LogP) is 9.48. The molecule has 7 aromatic carbocycles. The molecule has 10 rings (SSSR count). The molecule has 3 heterocycles. The van der Waals surface area contributed by atoms with E-state index in [1.165, 1.54) is 77.8 Å². The first-order chi connectivity index (χ1) is 23.7. The zero-order chi connectivity index (χ0) is 31.9. The standard InChI is InChI=1S/C44H32BN3/c1-29-18-21-31(22-19-29)48-42-17-9-16-41-44(42)45(37-27-20-30(2)28-43(37)48)36-12-5-8-15-40(36)47(41)33-25-23-32(24-26-33)46-38-13-6-3-10-34(38)35-11-4-7-14-39(35)46/h3-28H,1-2H3. The van der Waals surface area contributed by atoms with Crippen LogP contribution >= 0.6 is 0 Å². The summed E-state index contributed by atoms with van der Waals surface area (Å²) in [5, 5.41) is 2.55. The van der Waals surface area contributed by atoms with E-state index in [2.05, 4.69) is 186 Å². The van der Waals surface area contributed by atoms with Crippen molar-refractivity contribution in [2.45, 2.75) is 13.8 Å². The summed E-state index contributed by atoms with van der Waals surface area (Å²) in [4.78, 5) is 4.93. The van der Waals surface area contributed by atoms with E-state index in [-0.39, 0.29) is 6.71 Å². The maximum Gasteiger partial charge on any atom is 0.252 e. The summed E-state index contributed by atoms with van der Waals surface area (Å²) in [6, 6.07) is 58.2. The topological polar surface area (TPSA) is 11.4 Å². The fourth-order valence-electron chi connectivity index (χ4n) is 8.19. The van der Waals surface area contributed by atoms with E-state index in [9.17, 15) is 0 Å². The second-order valence-corrected chi connectivity index (χ2v) is 13.2. The van der Waals surface area contributed by atoms with Gasteiger partial charge < -0.3 is 14.4 Å². The number of anilines is 6. The highest BCUT2D eigenvalue weighted by Crippen LogP contribution is 2.44. The quantitative estimate of drug-likeness (QED) is 0.184. The summed E-state index contributed by atoms with van der Waals surface area (Å²) in [6.45, 7) is 4.48. The highest BCUT2D eigenvalue weighted by atomic mass is 15.2. The molecule has 226 valence electrons. The Bertz CT molecular complexity index is 2490. The van der Waals surface area contributed by atoms with Crippen LogP contribution in [0.15, 0.2) is 158 Å². The van der Waals surface area contributed by atoms with Gasteiger partial charge in [-0.3, -0.25) is 0 Å². The summed E-state index contributed by atoms with van der Waals surface area (Å²) < 4.78 is 2.39. The minimum Gasteiger partial charge on any atom is -0.311 e. The zero-order valence-electron chi connectivity index (χ0n) is 26.9.